The minimum Gasteiger partial charge on any atom is -0.342 e. The second-order valence-electron chi connectivity index (χ2n) is 9.27. The van der Waals surface area contributed by atoms with Crippen molar-refractivity contribution in [1.29, 1.82) is 0 Å². The van der Waals surface area contributed by atoms with Crippen LogP contribution in [-0.4, -0.2) is 55.8 Å². The zero-order chi connectivity index (χ0) is 21.5. The first kappa shape index (κ1) is 20.3. The average molecular weight is 426 g/mol. The molecule has 1 saturated heterocycles. The van der Waals surface area contributed by atoms with Crippen molar-refractivity contribution in [2.45, 2.75) is 70.8 Å². The smallest absolute Gasteiger partial charge is 0.277 e. The Hall–Kier alpha value is -2.64. The first-order chi connectivity index (χ1) is 15.0. The zero-order valence-corrected chi connectivity index (χ0v) is 18.2. The summed E-state index contributed by atoms with van der Waals surface area (Å²) in [6.07, 6.45) is 7.40. The molecule has 2 aromatic heterocycles. The number of hydrogen-bond acceptors (Lipinski definition) is 4. The number of carbonyl (C=O) groups excluding carboxylic acids is 2. The second-order valence-corrected chi connectivity index (χ2v) is 9.27. The lowest BCUT2D eigenvalue weighted by Gasteiger charge is -2.34. The van der Waals surface area contributed by atoms with E-state index in [4.69, 9.17) is 4.98 Å². The molecule has 2 amide bonds. The summed E-state index contributed by atoms with van der Waals surface area (Å²) in [5.74, 6) is 0.767. The van der Waals surface area contributed by atoms with E-state index in [9.17, 15) is 14.4 Å². The van der Waals surface area contributed by atoms with Crippen LogP contribution in [-0.2, 0) is 22.6 Å². The van der Waals surface area contributed by atoms with Gasteiger partial charge in [0.15, 0.2) is 5.65 Å². The van der Waals surface area contributed by atoms with Crippen molar-refractivity contribution in [3.63, 3.8) is 0 Å². The summed E-state index contributed by atoms with van der Waals surface area (Å²) in [6.45, 7) is 4.32. The summed E-state index contributed by atoms with van der Waals surface area (Å²) >= 11 is 0. The maximum atomic E-state index is 13.2. The highest BCUT2D eigenvalue weighted by molar-refractivity contribution is 5.79. The normalized spacial score (nSPS) is 22.2. The molecule has 1 unspecified atom stereocenters. The van der Waals surface area contributed by atoms with Gasteiger partial charge in [-0.3, -0.25) is 19.5 Å². The molecule has 1 N–H and O–H groups in total. The predicted molar refractivity (Wildman–Crippen MR) is 116 cm³/mol. The monoisotopic (exact) mass is 425 g/mol. The largest absolute Gasteiger partial charge is 0.342 e. The summed E-state index contributed by atoms with van der Waals surface area (Å²) in [4.78, 5) is 46.7. The molecule has 1 saturated carbocycles. The van der Waals surface area contributed by atoms with Crippen molar-refractivity contribution in [3.05, 3.63) is 33.4 Å². The van der Waals surface area contributed by atoms with Crippen LogP contribution in [0.4, 0.5) is 0 Å². The molecule has 0 aromatic carbocycles. The highest BCUT2D eigenvalue weighted by Crippen LogP contribution is 2.31. The topological polar surface area (TPSA) is 90.8 Å². The van der Waals surface area contributed by atoms with Gasteiger partial charge in [-0.25, -0.2) is 9.50 Å². The van der Waals surface area contributed by atoms with E-state index in [1.54, 1.807) is 4.90 Å². The number of nitrogens with zero attached hydrogens (tertiary/aromatic N) is 4. The van der Waals surface area contributed by atoms with Crippen LogP contribution in [0.5, 0.6) is 0 Å². The lowest BCUT2D eigenvalue weighted by molar-refractivity contribution is -0.136. The molecule has 2 aromatic rings. The van der Waals surface area contributed by atoms with Crippen molar-refractivity contribution in [2.75, 3.05) is 19.6 Å². The Balaban J connectivity index is 1.40. The third-order valence-corrected chi connectivity index (χ3v) is 7.31. The number of fused-ring (bicyclic) bond motifs is 2. The number of piperidine rings is 1. The van der Waals surface area contributed by atoms with E-state index in [2.05, 4.69) is 5.10 Å². The third kappa shape index (κ3) is 3.66. The van der Waals surface area contributed by atoms with E-state index in [-0.39, 0.29) is 23.3 Å². The van der Waals surface area contributed by atoms with Crippen LogP contribution < -0.4 is 5.56 Å². The summed E-state index contributed by atoms with van der Waals surface area (Å²) in [5.41, 5.74) is 2.90. The van der Waals surface area contributed by atoms with Crippen LogP contribution in [0.3, 0.4) is 0 Å². The predicted octanol–water partition coefficient (Wildman–Crippen LogP) is 2.21. The average Bonchev–Trinajstić information content (AvgIpc) is 3.48. The molecule has 8 heteroatoms. The van der Waals surface area contributed by atoms with Crippen molar-refractivity contribution < 1.29 is 9.59 Å². The van der Waals surface area contributed by atoms with Crippen molar-refractivity contribution in [2.24, 2.45) is 5.92 Å². The Bertz CT molecular complexity index is 1070. The molecule has 2 fully saturated rings. The summed E-state index contributed by atoms with van der Waals surface area (Å²) in [7, 11) is 0. The number of rotatable bonds is 3. The van der Waals surface area contributed by atoms with Gasteiger partial charge in [-0.05, 0) is 25.7 Å². The number of likely N-dealkylation sites (tertiary alicyclic amines) is 1. The molecule has 0 bridgehead atoms. The standard InChI is InChI=1S/C23H31N5O3/c1-2-21(29)26-11-9-18-17(14-26)23(31)28-20(24-18)12-19(25-28)16-8-5-10-27(13-16)22(30)15-6-3-4-7-15/h12,15-16,25H,2-11,13-14H2,1H3. The van der Waals surface area contributed by atoms with Crippen LogP contribution in [0.2, 0.25) is 0 Å². The molecule has 4 heterocycles. The zero-order valence-electron chi connectivity index (χ0n) is 18.2. The van der Waals surface area contributed by atoms with Crippen LogP contribution in [0.25, 0.3) is 5.65 Å². The number of carbonyl (C=O) groups is 2. The van der Waals surface area contributed by atoms with Crippen LogP contribution in [0.15, 0.2) is 10.9 Å². The number of aromatic amines is 1. The van der Waals surface area contributed by atoms with Gasteiger partial charge in [-0.15, -0.1) is 0 Å². The van der Waals surface area contributed by atoms with Crippen LogP contribution >= 0.6 is 0 Å². The van der Waals surface area contributed by atoms with E-state index >= 15 is 0 Å². The lowest BCUT2D eigenvalue weighted by atomic mass is 9.93. The molecular weight excluding hydrogens is 394 g/mol. The van der Waals surface area contributed by atoms with Gasteiger partial charge in [0.05, 0.1) is 17.8 Å². The van der Waals surface area contributed by atoms with Crippen molar-refractivity contribution in [3.8, 4) is 0 Å². The number of nitrogens with one attached hydrogen (secondary N) is 1. The van der Waals surface area contributed by atoms with E-state index in [1.807, 2.05) is 17.9 Å². The number of hydrogen-bond donors (Lipinski definition) is 1. The summed E-state index contributed by atoms with van der Waals surface area (Å²) < 4.78 is 1.52. The molecule has 31 heavy (non-hydrogen) atoms. The van der Waals surface area contributed by atoms with E-state index in [1.165, 1.54) is 4.52 Å². The molecular formula is C23H31N5O3. The van der Waals surface area contributed by atoms with Crippen molar-refractivity contribution in [1.82, 2.24) is 24.4 Å². The fourth-order valence-corrected chi connectivity index (χ4v) is 5.51. The molecule has 1 aliphatic carbocycles. The van der Waals surface area contributed by atoms with Gasteiger partial charge in [0, 0.05) is 56.1 Å². The summed E-state index contributed by atoms with van der Waals surface area (Å²) in [5, 5.41) is 3.27. The van der Waals surface area contributed by atoms with Gasteiger partial charge in [0.25, 0.3) is 5.56 Å². The molecule has 166 valence electrons. The van der Waals surface area contributed by atoms with Gasteiger partial charge in [0.2, 0.25) is 11.8 Å². The Morgan fingerprint density at radius 3 is 2.71 bits per heavy atom. The van der Waals surface area contributed by atoms with Gasteiger partial charge in [-0.1, -0.05) is 19.8 Å². The lowest BCUT2D eigenvalue weighted by Crippen LogP contribution is -2.42. The van der Waals surface area contributed by atoms with Gasteiger partial charge >= 0.3 is 0 Å². The molecule has 8 nitrogen and oxygen atoms in total. The minimum atomic E-state index is -0.116. The number of amides is 2. The second kappa shape index (κ2) is 8.13. The van der Waals surface area contributed by atoms with Gasteiger partial charge < -0.3 is 9.80 Å². The van der Waals surface area contributed by atoms with Crippen molar-refractivity contribution >= 4 is 17.5 Å². The molecule has 0 radical (unpaired) electrons. The molecule has 1 atom stereocenters. The van der Waals surface area contributed by atoms with Crippen LogP contribution in [0.1, 0.15) is 74.7 Å². The fraction of sp³-hybridized carbons (Fsp3) is 0.652. The Morgan fingerprint density at radius 1 is 1.13 bits per heavy atom. The van der Waals surface area contributed by atoms with Gasteiger partial charge in [0.1, 0.15) is 0 Å². The number of H-pyrrole nitrogens is 1. The Morgan fingerprint density at radius 2 is 1.94 bits per heavy atom. The van der Waals surface area contributed by atoms with Crippen LogP contribution in [0, 0.1) is 5.92 Å². The van der Waals surface area contributed by atoms with E-state index < -0.39 is 0 Å². The third-order valence-electron chi connectivity index (χ3n) is 7.31. The quantitative estimate of drug-likeness (QED) is 0.816. The molecule has 2 aliphatic heterocycles. The SMILES string of the molecule is CCC(=O)N1CCc2nc3cc(C4CCCN(C(=O)C5CCCC5)C4)[nH]n3c(=O)c2C1. The maximum absolute atomic E-state index is 13.2. The van der Waals surface area contributed by atoms with E-state index in [0.29, 0.717) is 49.6 Å². The minimum absolute atomic E-state index is 0.0662. The Kier molecular flexibility index (Phi) is 5.32. The molecule has 0 spiro atoms. The molecule has 3 aliphatic rings. The van der Waals surface area contributed by atoms with E-state index in [0.717, 1.165) is 56.5 Å². The van der Waals surface area contributed by atoms with Gasteiger partial charge in [-0.2, -0.15) is 0 Å². The maximum Gasteiger partial charge on any atom is 0.277 e. The number of aromatic nitrogens is 3. The Labute approximate surface area is 181 Å². The highest BCUT2D eigenvalue weighted by Gasteiger charge is 2.32. The first-order valence-electron chi connectivity index (χ1n) is 11.7. The highest BCUT2D eigenvalue weighted by atomic mass is 16.2. The fourth-order valence-electron chi connectivity index (χ4n) is 5.51. The first-order valence-corrected chi connectivity index (χ1v) is 11.7. The summed E-state index contributed by atoms with van der Waals surface area (Å²) in [6, 6.07) is 1.97. The molecule has 5 rings (SSSR count).